The van der Waals surface area contributed by atoms with Gasteiger partial charge in [0.25, 0.3) is 11.5 Å². The second-order valence-corrected chi connectivity index (χ2v) is 24.9. The molecule has 28 nitrogen and oxygen atoms in total. The topological polar surface area (TPSA) is 399 Å². The van der Waals surface area contributed by atoms with Crippen molar-refractivity contribution in [2.45, 2.75) is 91.0 Å². The number of H-pyrrole nitrogens is 1. The number of carboxylic acid groups (broad SMARTS) is 1. The van der Waals surface area contributed by atoms with E-state index in [4.69, 9.17) is 29.7 Å². The molecule has 3 aromatic carbocycles. The summed E-state index contributed by atoms with van der Waals surface area (Å²) in [4.78, 5) is 103. The van der Waals surface area contributed by atoms with Crippen LogP contribution in [0.25, 0.3) is 27.9 Å². The third kappa shape index (κ3) is 11.7. The number of nitrogens with one attached hydrogen (secondary N) is 3. The Balaban J connectivity index is 0.962. The van der Waals surface area contributed by atoms with Gasteiger partial charge in [-0.05, 0) is 88.6 Å². The minimum absolute atomic E-state index is 0.0289. The van der Waals surface area contributed by atoms with E-state index in [0.717, 1.165) is 44.2 Å². The van der Waals surface area contributed by atoms with E-state index >= 15 is 0 Å². The van der Waals surface area contributed by atoms with Crippen LogP contribution >= 0.6 is 23.5 Å². The number of carbonyl (C=O) groups excluding carboxylic acids is 2. The zero-order chi connectivity index (χ0) is 59.1. The first-order valence-electron chi connectivity index (χ1n) is 25.1. The Labute approximate surface area is 460 Å². The van der Waals surface area contributed by atoms with Gasteiger partial charge < -0.3 is 65.3 Å². The van der Waals surface area contributed by atoms with Gasteiger partial charge in [0, 0.05) is 78.3 Å². The number of phosphoric ester groups is 1. The van der Waals surface area contributed by atoms with Crippen molar-refractivity contribution in [2.75, 3.05) is 43.4 Å². The Kier molecular flexibility index (Phi) is 15.6. The van der Waals surface area contributed by atoms with Gasteiger partial charge in [0.05, 0.1) is 30.1 Å². The van der Waals surface area contributed by atoms with Gasteiger partial charge in [-0.2, -0.15) is 13.6 Å². The number of imidazole rings is 1. The summed E-state index contributed by atoms with van der Waals surface area (Å²) in [5, 5.41) is 28.9. The molecule has 0 bridgehead atoms. The predicted octanol–water partition coefficient (Wildman–Crippen LogP) is 3.61. The first-order valence-corrected chi connectivity index (χ1v) is 29.7. The summed E-state index contributed by atoms with van der Waals surface area (Å²) in [6.07, 6.45) is -3.00. The fourth-order valence-corrected chi connectivity index (χ4v) is 14.0. The number of benzene rings is 3. The molecule has 9 rings (SSSR count). The molecule has 1 saturated heterocycles. The number of fused-ring (bicyclic) bond motifs is 5. The van der Waals surface area contributed by atoms with E-state index in [2.05, 4.69) is 102 Å². The third-order valence-corrected chi connectivity index (χ3v) is 17.9. The van der Waals surface area contributed by atoms with E-state index in [9.17, 15) is 52.9 Å². The molecule has 2 amide bonds. The lowest BCUT2D eigenvalue weighted by Crippen LogP contribution is -2.49. The molecule has 11 N–H and O–H groups in total. The van der Waals surface area contributed by atoms with E-state index in [1.54, 1.807) is 6.07 Å². The van der Waals surface area contributed by atoms with E-state index in [0.29, 0.717) is 46.5 Å². The van der Waals surface area contributed by atoms with E-state index in [1.165, 1.54) is 12.1 Å². The predicted molar refractivity (Wildman–Crippen MR) is 290 cm³/mol. The maximum absolute atomic E-state index is 13.8. The number of carbonyl (C=O) groups is 3. The summed E-state index contributed by atoms with van der Waals surface area (Å²) in [6.45, 7) is 16.5. The Bertz CT molecular complexity index is 3890. The Morgan fingerprint density at radius 2 is 1.59 bits per heavy atom. The van der Waals surface area contributed by atoms with Crippen molar-refractivity contribution in [3.05, 3.63) is 115 Å². The van der Waals surface area contributed by atoms with Crippen molar-refractivity contribution < 1.29 is 85.2 Å². The van der Waals surface area contributed by atoms with Gasteiger partial charge in [-0.15, -0.1) is 0 Å². The van der Waals surface area contributed by atoms with Crippen LogP contribution in [0, 0.1) is 0 Å². The molecule has 31 heteroatoms. The highest BCUT2D eigenvalue weighted by atomic mass is 31.3. The molecule has 0 radical (unpaired) electrons. The molecule has 432 valence electrons. The second kappa shape index (κ2) is 21.5. The average molecular weight is 1180 g/mol. The van der Waals surface area contributed by atoms with Crippen molar-refractivity contribution in [1.29, 1.82) is 0 Å². The largest absolute Gasteiger partial charge is 0.490 e. The molecule has 4 aliphatic rings. The van der Waals surface area contributed by atoms with Crippen LogP contribution < -0.4 is 46.7 Å². The molecule has 4 aliphatic heterocycles. The zero-order valence-corrected chi connectivity index (χ0v) is 47.4. The molecule has 6 heterocycles. The number of aromatic carboxylic acids is 1. The third-order valence-electron chi connectivity index (χ3n) is 14.1. The Morgan fingerprint density at radius 3 is 2.27 bits per heavy atom. The number of nitrogen functional groups attached to an aromatic ring is 1. The minimum Gasteiger partial charge on any atom is -0.478 e. The number of amides is 2. The summed E-state index contributed by atoms with van der Waals surface area (Å²) in [7, 11) is -17.4. The maximum Gasteiger partial charge on any atom is 0.490 e. The number of allylic oxidation sites excluding steroid dienone is 2. The molecule has 0 spiro atoms. The summed E-state index contributed by atoms with van der Waals surface area (Å²) < 4.78 is 69.1. The van der Waals surface area contributed by atoms with Crippen LogP contribution in [0.2, 0.25) is 0 Å². The first kappa shape index (κ1) is 58.7. The van der Waals surface area contributed by atoms with Crippen molar-refractivity contribution in [3.8, 4) is 11.5 Å². The highest BCUT2D eigenvalue weighted by molar-refractivity contribution is 7.66. The van der Waals surface area contributed by atoms with E-state index < -0.39 is 78.1 Å². The number of aromatic amines is 1. The number of rotatable bonds is 17. The summed E-state index contributed by atoms with van der Waals surface area (Å²) in [5.74, 6) is -1.34. The first-order chi connectivity index (χ1) is 37.8. The van der Waals surface area contributed by atoms with Crippen LogP contribution in [0.3, 0.4) is 0 Å². The lowest BCUT2D eigenvalue weighted by Gasteiger charge is -2.43. The molecule has 2 aromatic heterocycles. The number of nitrogens with zero attached hydrogens (tertiary/aromatic N) is 5. The number of nitrogens with two attached hydrogens (primary N) is 1. The van der Waals surface area contributed by atoms with Crippen LogP contribution in [0.1, 0.15) is 105 Å². The lowest BCUT2D eigenvalue weighted by molar-refractivity contribution is -0.0522. The summed E-state index contributed by atoms with van der Waals surface area (Å²) >= 11 is 0. The van der Waals surface area contributed by atoms with Crippen molar-refractivity contribution in [1.82, 2.24) is 34.7 Å². The van der Waals surface area contributed by atoms with Crippen molar-refractivity contribution in [2.24, 2.45) is 0 Å². The van der Waals surface area contributed by atoms with Crippen molar-refractivity contribution in [3.63, 3.8) is 0 Å². The fraction of sp³-hybridized carbons (Fsp3) is 0.380. The van der Waals surface area contributed by atoms with Gasteiger partial charge in [-0.3, -0.25) is 23.7 Å². The highest BCUT2D eigenvalue weighted by Gasteiger charge is 2.50. The number of aliphatic hydroxyl groups excluding tert-OH is 1. The highest BCUT2D eigenvalue weighted by Crippen LogP contribution is 2.66. The second-order valence-electron chi connectivity index (χ2n) is 20.5. The molecule has 81 heavy (non-hydrogen) atoms. The standard InChI is InChI=1S/C50H58N9O19P3/c1-9-58-33-18-35-31(16-28(33)24(3)20-49(58,5)6)38(32-17-29-25(4)21-50(7,8)59(10-2)34(29)19-36(32)74-35)27-12-11-26(15-30(27)46(63)64)43(61)52-13-14-53-48(65)76-41-40(60)37(22-73-80(69,70)78-81(71,72)77-79(66,67)68)75-45(41)57-23-54-39-42(57)55-47(51)56-44(39)62/h11-12,15-21,23,37,40-41,45,60H,9-10,13-14,22H2,1-8H3,(H9-,51,52,53,55,56,61,62,63,64,65,66,67,68,69,70,71,72)/p+1/t37-,40-,41-,45-/m1/s1. The van der Waals surface area contributed by atoms with Gasteiger partial charge in [0.2, 0.25) is 11.3 Å². The minimum atomic E-state index is -5.93. The lowest BCUT2D eigenvalue weighted by atomic mass is 9.83. The number of aromatic nitrogens is 4. The molecule has 5 aromatic rings. The monoisotopic (exact) mass is 1180 g/mol. The fourth-order valence-electron chi connectivity index (χ4n) is 11.0. The quantitative estimate of drug-likeness (QED) is 0.0354. The van der Waals surface area contributed by atoms with E-state index in [-0.39, 0.29) is 52.4 Å². The molecule has 6 atom stereocenters. The van der Waals surface area contributed by atoms with E-state index in [1.807, 2.05) is 38.1 Å². The molecule has 0 aliphatic carbocycles. The Hall–Kier alpha value is -6.90. The SMILES string of the molecule is CCN1c2cc3c(cc2C(C)=CC1(C)C)C(c1ccc(C(=O)NCCNC(=O)O[C@@H]2[C@H](O)[C@@H](COP(=O)(O)OP(=O)(O)OP(=O)(O)O)O[C@H]2n2cnc4c(=O)[nH]c(N)nc42)cc1C(=O)O)=c1cc2c(cc1O3)=[N+](CC)C(C)(C)C=C2C. The number of carboxylic acids is 1. The number of alkyl carbamates (subject to hydrolysis) is 1. The molecular weight excluding hydrogens is 1120 g/mol. The number of hydrogen-bond donors (Lipinski definition) is 10. The van der Waals surface area contributed by atoms with Gasteiger partial charge in [-0.25, -0.2) is 32.8 Å². The maximum atomic E-state index is 13.8. The van der Waals surface area contributed by atoms with Crippen LogP contribution in [0.15, 0.2) is 65.7 Å². The molecular formula is C50H59N9O19P3+. The van der Waals surface area contributed by atoms with Crippen LogP contribution in [-0.4, -0.2) is 129 Å². The van der Waals surface area contributed by atoms with Gasteiger partial charge >= 0.3 is 35.5 Å². The molecule has 1 fully saturated rings. The van der Waals surface area contributed by atoms with Crippen molar-refractivity contribution >= 4 is 81.0 Å². The van der Waals surface area contributed by atoms with Crippen LogP contribution in [-0.2, 0) is 36.3 Å². The van der Waals surface area contributed by atoms with Gasteiger partial charge in [-0.1, -0.05) is 12.1 Å². The number of hydrogen-bond acceptors (Lipinski definition) is 18. The van der Waals surface area contributed by atoms with Gasteiger partial charge in [0.15, 0.2) is 29.0 Å². The number of phosphoric acid groups is 3. The smallest absolute Gasteiger partial charge is 0.478 e. The molecule has 0 saturated carbocycles. The number of anilines is 2. The van der Waals surface area contributed by atoms with Gasteiger partial charge in [0.1, 0.15) is 30.3 Å². The molecule has 2 unspecified atom stereocenters. The number of aliphatic hydroxyl groups is 1. The number of ether oxygens (including phenoxy) is 3. The zero-order valence-electron chi connectivity index (χ0n) is 44.8. The number of likely N-dealkylation sites (N-methyl/N-ethyl adjacent to an activating group) is 2. The average Bonchev–Trinajstić information content (AvgIpc) is 3.99. The van der Waals surface area contributed by atoms with Crippen LogP contribution in [0.5, 0.6) is 11.5 Å². The normalized spacial score (nSPS) is 21.3. The Morgan fingerprint density at radius 1 is 0.889 bits per heavy atom. The summed E-state index contributed by atoms with van der Waals surface area (Å²) in [6, 6.07) is 12.4. The van der Waals surface area contributed by atoms with Crippen LogP contribution in [0.4, 0.5) is 16.4 Å². The summed E-state index contributed by atoms with van der Waals surface area (Å²) in [5.41, 5.74) is 10.1.